The van der Waals surface area contributed by atoms with E-state index in [9.17, 15) is 14.0 Å². The molecule has 0 saturated carbocycles. The van der Waals surface area contributed by atoms with E-state index in [1.165, 1.54) is 31.0 Å². The number of ether oxygens (including phenoxy) is 1. The Balaban J connectivity index is 2.47. The summed E-state index contributed by atoms with van der Waals surface area (Å²) in [6, 6.07) is 2.64. The fraction of sp³-hybridized carbons (Fsp3) is 0.357. The maximum absolute atomic E-state index is 13.3. The lowest BCUT2D eigenvalue weighted by atomic mass is 9.97. The molecule has 1 aromatic heterocycles. The van der Waals surface area contributed by atoms with E-state index < -0.39 is 23.3 Å². The van der Waals surface area contributed by atoms with Gasteiger partial charge in [-0.05, 0) is 32.4 Å². The van der Waals surface area contributed by atoms with Crippen molar-refractivity contribution in [2.45, 2.75) is 26.3 Å². The van der Waals surface area contributed by atoms with Crippen LogP contribution in [0.15, 0.2) is 24.1 Å². The maximum atomic E-state index is 13.3. The summed E-state index contributed by atoms with van der Waals surface area (Å²) in [6.07, 6.45) is 1.26. The van der Waals surface area contributed by atoms with Gasteiger partial charge < -0.3 is 10.5 Å². The first-order valence-electron chi connectivity index (χ1n) is 6.32. The summed E-state index contributed by atoms with van der Waals surface area (Å²) in [6.45, 7) is 4.59. The number of nitrogens with zero attached hydrogens (tertiary/aromatic N) is 2. The van der Waals surface area contributed by atoms with E-state index in [0.717, 1.165) is 6.07 Å². The molecule has 1 aromatic rings. The number of pyridine rings is 1. The fourth-order valence-corrected chi connectivity index (χ4v) is 2.01. The van der Waals surface area contributed by atoms with Crippen LogP contribution in [0, 0.1) is 5.95 Å². The Bertz CT molecular complexity index is 640. The molecular formula is C14H16FN3O3. The molecule has 0 aliphatic carbocycles. The molecule has 2 N–H and O–H groups in total. The zero-order valence-corrected chi connectivity index (χ0v) is 12.0. The van der Waals surface area contributed by atoms with Crippen LogP contribution < -0.4 is 5.73 Å². The van der Waals surface area contributed by atoms with Gasteiger partial charge in [0, 0.05) is 12.3 Å². The minimum Gasteiger partial charge on any atom is -0.477 e. The summed E-state index contributed by atoms with van der Waals surface area (Å²) in [5, 5.41) is 0. The molecule has 0 aromatic carbocycles. The van der Waals surface area contributed by atoms with Crippen molar-refractivity contribution in [2.75, 3.05) is 6.73 Å². The summed E-state index contributed by atoms with van der Waals surface area (Å²) >= 11 is 0. The van der Waals surface area contributed by atoms with Crippen LogP contribution in [0.3, 0.4) is 0 Å². The molecule has 0 spiro atoms. The number of amides is 2. The first-order valence-corrected chi connectivity index (χ1v) is 6.32. The van der Waals surface area contributed by atoms with Crippen molar-refractivity contribution in [3.05, 3.63) is 35.6 Å². The van der Waals surface area contributed by atoms with E-state index >= 15 is 0 Å². The number of primary amides is 1. The van der Waals surface area contributed by atoms with Crippen LogP contribution in [-0.4, -0.2) is 34.0 Å². The third-order valence-corrected chi connectivity index (χ3v) is 3.51. The Hall–Kier alpha value is -2.44. The third-order valence-electron chi connectivity index (χ3n) is 3.51. The Labute approximate surface area is 121 Å². The number of carbonyl (C=O) groups is 2. The van der Waals surface area contributed by atoms with E-state index in [-0.39, 0.29) is 12.3 Å². The van der Waals surface area contributed by atoms with Gasteiger partial charge in [-0.25, -0.2) is 4.98 Å². The van der Waals surface area contributed by atoms with Crippen LogP contribution in [0.1, 0.15) is 26.3 Å². The second-order valence-corrected chi connectivity index (χ2v) is 5.23. The van der Waals surface area contributed by atoms with Gasteiger partial charge in [0.15, 0.2) is 6.73 Å². The molecule has 2 heterocycles. The van der Waals surface area contributed by atoms with Crippen LogP contribution in [-0.2, 0) is 14.3 Å². The molecular weight excluding hydrogens is 277 g/mol. The van der Waals surface area contributed by atoms with Crippen LogP contribution in [0.4, 0.5) is 4.39 Å². The van der Waals surface area contributed by atoms with Gasteiger partial charge >= 0.3 is 0 Å². The van der Waals surface area contributed by atoms with E-state index in [0.29, 0.717) is 11.3 Å². The zero-order chi connectivity index (χ0) is 15.8. The van der Waals surface area contributed by atoms with Gasteiger partial charge in [-0.15, -0.1) is 0 Å². The standard InChI is InChI=1S/C14H16FN3O3/c1-8-11(9-4-5-17-10(15)6-9)12(19)18(7-21-8)14(2,3)13(16)20/h4-6H,7H2,1-3H3,(H2,16,20). The largest absolute Gasteiger partial charge is 0.477 e. The monoisotopic (exact) mass is 293 g/mol. The predicted octanol–water partition coefficient (Wildman–Crippen LogP) is 1.03. The third kappa shape index (κ3) is 2.58. The number of halogens is 1. The number of hydrogen-bond acceptors (Lipinski definition) is 4. The fourth-order valence-electron chi connectivity index (χ4n) is 2.01. The van der Waals surface area contributed by atoms with Crippen molar-refractivity contribution in [1.29, 1.82) is 0 Å². The number of nitrogens with two attached hydrogens (primary N) is 1. The van der Waals surface area contributed by atoms with Crippen molar-refractivity contribution in [3.63, 3.8) is 0 Å². The topological polar surface area (TPSA) is 85.5 Å². The molecule has 0 unspecified atom stereocenters. The molecule has 21 heavy (non-hydrogen) atoms. The first kappa shape index (κ1) is 15.0. The van der Waals surface area contributed by atoms with Crippen LogP contribution in [0.25, 0.3) is 5.57 Å². The Morgan fingerprint density at radius 1 is 1.52 bits per heavy atom. The smallest absolute Gasteiger partial charge is 0.261 e. The maximum Gasteiger partial charge on any atom is 0.261 e. The molecule has 0 atom stereocenters. The average molecular weight is 293 g/mol. The molecule has 7 heteroatoms. The minimum atomic E-state index is -1.21. The van der Waals surface area contributed by atoms with Crippen molar-refractivity contribution in [1.82, 2.24) is 9.88 Å². The highest BCUT2D eigenvalue weighted by atomic mass is 19.1. The van der Waals surface area contributed by atoms with E-state index in [2.05, 4.69) is 4.98 Å². The summed E-state index contributed by atoms with van der Waals surface area (Å²) in [5.74, 6) is -1.43. The van der Waals surface area contributed by atoms with E-state index in [1.54, 1.807) is 6.92 Å². The lowest BCUT2D eigenvalue weighted by molar-refractivity contribution is -0.148. The van der Waals surface area contributed by atoms with E-state index in [1.807, 2.05) is 0 Å². The quantitative estimate of drug-likeness (QED) is 0.843. The molecule has 0 fully saturated rings. The lowest BCUT2D eigenvalue weighted by Crippen LogP contribution is -2.57. The van der Waals surface area contributed by atoms with Gasteiger partial charge in [0.25, 0.3) is 5.91 Å². The highest BCUT2D eigenvalue weighted by molar-refractivity contribution is 6.21. The van der Waals surface area contributed by atoms with Gasteiger partial charge in [-0.3, -0.25) is 14.5 Å². The highest BCUT2D eigenvalue weighted by Gasteiger charge is 2.41. The zero-order valence-electron chi connectivity index (χ0n) is 12.0. The summed E-state index contributed by atoms with van der Waals surface area (Å²) in [7, 11) is 0. The SMILES string of the molecule is CC1=C(c2ccnc(F)c2)C(=O)N(C(C)(C)C(N)=O)CO1. The molecule has 0 bridgehead atoms. The van der Waals surface area contributed by atoms with Crippen LogP contribution in [0.2, 0.25) is 0 Å². The average Bonchev–Trinajstić information content (AvgIpc) is 2.38. The van der Waals surface area contributed by atoms with Gasteiger partial charge in [0.2, 0.25) is 11.9 Å². The van der Waals surface area contributed by atoms with Crippen molar-refractivity contribution in [3.8, 4) is 0 Å². The minimum absolute atomic E-state index is 0.0856. The van der Waals surface area contributed by atoms with E-state index in [4.69, 9.17) is 10.5 Å². The molecule has 2 rings (SSSR count). The Morgan fingerprint density at radius 2 is 2.19 bits per heavy atom. The molecule has 1 aliphatic rings. The summed E-state index contributed by atoms with van der Waals surface area (Å²) in [4.78, 5) is 28.8. The summed E-state index contributed by atoms with van der Waals surface area (Å²) in [5.41, 5.74) is 4.65. The lowest BCUT2D eigenvalue weighted by Gasteiger charge is -2.39. The Kier molecular flexibility index (Phi) is 3.67. The second kappa shape index (κ2) is 5.16. The number of hydrogen-bond donors (Lipinski definition) is 1. The van der Waals surface area contributed by atoms with Gasteiger partial charge in [-0.2, -0.15) is 4.39 Å². The van der Waals surface area contributed by atoms with Crippen LogP contribution >= 0.6 is 0 Å². The number of aromatic nitrogens is 1. The van der Waals surface area contributed by atoms with Crippen molar-refractivity contribution < 1.29 is 18.7 Å². The van der Waals surface area contributed by atoms with Gasteiger partial charge in [0.1, 0.15) is 11.3 Å². The van der Waals surface area contributed by atoms with Gasteiger partial charge in [-0.1, -0.05) is 0 Å². The molecule has 0 radical (unpaired) electrons. The molecule has 6 nitrogen and oxygen atoms in total. The molecule has 1 aliphatic heterocycles. The molecule has 2 amide bonds. The first-order chi connectivity index (χ1) is 9.75. The molecule has 112 valence electrons. The summed E-state index contributed by atoms with van der Waals surface area (Å²) < 4.78 is 18.7. The van der Waals surface area contributed by atoms with Crippen molar-refractivity contribution >= 4 is 17.4 Å². The Morgan fingerprint density at radius 3 is 2.76 bits per heavy atom. The normalized spacial score (nSPS) is 16.0. The second-order valence-electron chi connectivity index (χ2n) is 5.23. The van der Waals surface area contributed by atoms with Crippen LogP contribution in [0.5, 0.6) is 0 Å². The predicted molar refractivity (Wildman–Crippen MR) is 72.9 cm³/mol. The van der Waals surface area contributed by atoms with Crippen molar-refractivity contribution in [2.24, 2.45) is 5.73 Å². The van der Waals surface area contributed by atoms with Gasteiger partial charge in [0.05, 0.1) is 5.57 Å². The number of carbonyl (C=O) groups excluding carboxylic acids is 2. The number of rotatable bonds is 3. The number of allylic oxidation sites excluding steroid dienone is 1. The highest BCUT2D eigenvalue weighted by Crippen LogP contribution is 2.30. The molecule has 0 saturated heterocycles.